The number of ether oxygens (including phenoxy) is 1. The maximum Gasteiger partial charge on any atom is 0.236 e. The van der Waals surface area contributed by atoms with Crippen molar-refractivity contribution in [1.82, 2.24) is 9.80 Å². The van der Waals surface area contributed by atoms with Crippen LogP contribution < -0.4 is 9.64 Å². The number of hydrogen-bond donors (Lipinski definition) is 0. The van der Waals surface area contributed by atoms with Gasteiger partial charge < -0.3 is 14.5 Å². The summed E-state index contributed by atoms with van der Waals surface area (Å²) in [5.74, 6) is 2.28. The van der Waals surface area contributed by atoms with Gasteiger partial charge in [0, 0.05) is 55.5 Å². The van der Waals surface area contributed by atoms with Gasteiger partial charge in [0.2, 0.25) is 5.91 Å². The Bertz CT molecular complexity index is 573. The summed E-state index contributed by atoms with van der Waals surface area (Å²) in [5.41, 5.74) is 1.20. The second-order valence-corrected chi connectivity index (χ2v) is 8.34. The lowest BCUT2D eigenvalue weighted by Crippen LogP contribution is -2.54. The molecule has 2 heterocycles. The first-order valence-electron chi connectivity index (χ1n) is 9.11. The van der Waals surface area contributed by atoms with Gasteiger partial charge in [0.25, 0.3) is 0 Å². The molecule has 0 aromatic heterocycles. The predicted molar refractivity (Wildman–Crippen MR) is 105 cm³/mol. The van der Waals surface area contributed by atoms with Crippen molar-refractivity contribution in [2.24, 2.45) is 0 Å². The Balaban J connectivity index is 1.50. The van der Waals surface area contributed by atoms with E-state index in [2.05, 4.69) is 35.8 Å². The van der Waals surface area contributed by atoms with Gasteiger partial charge in [-0.3, -0.25) is 9.69 Å². The Kier molecular flexibility index (Phi) is 6.12. The Labute approximate surface area is 155 Å². The van der Waals surface area contributed by atoms with Crippen LogP contribution in [0.2, 0.25) is 0 Å². The largest absolute Gasteiger partial charge is 0.497 e. The molecule has 0 saturated carbocycles. The van der Waals surface area contributed by atoms with Gasteiger partial charge in [-0.15, -0.1) is 0 Å². The number of piperazine rings is 1. The summed E-state index contributed by atoms with van der Waals surface area (Å²) in [6, 6.07) is 8.63. The number of nitrogens with zero attached hydrogens (tertiary/aromatic N) is 3. The Morgan fingerprint density at radius 1 is 1.12 bits per heavy atom. The molecule has 138 valence electrons. The molecule has 2 unspecified atom stereocenters. The van der Waals surface area contributed by atoms with Crippen LogP contribution in [0, 0.1) is 0 Å². The third kappa shape index (κ3) is 4.42. The van der Waals surface area contributed by atoms with E-state index in [1.165, 1.54) is 5.69 Å². The number of thioether (sulfide) groups is 1. The lowest BCUT2D eigenvalue weighted by molar-refractivity contribution is -0.133. The molecule has 1 aromatic rings. The summed E-state index contributed by atoms with van der Waals surface area (Å²) in [6.07, 6.45) is 0. The van der Waals surface area contributed by atoms with E-state index in [4.69, 9.17) is 4.74 Å². The maximum absolute atomic E-state index is 12.7. The fourth-order valence-electron chi connectivity index (χ4n) is 3.50. The lowest BCUT2D eigenvalue weighted by atomic mass is 10.2. The highest BCUT2D eigenvalue weighted by molar-refractivity contribution is 8.00. The number of anilines is 1. The normalized spacial score (nSPS) is 25.1. The standard InChI is InChI=1S/C19H29N3O2S/c1-15-16(2)25-13-12-22(15)14-19(23)21-10-8-20(9-11-21)17-4-6-18(24-3)7-5-17/h4-7,15-16H,8-14H2,1-3H3. The first kappa shape index (κ1) is 18.4. The fraction of sp³-hybridized carbons (Fsp3) is 0.632. The number of amides is 1. The van der Waals surface area contributed by atoms with Gasteiger partial charge in [-0.2, -0.15) is 11.8 Å². The molecule has 2 aliphatic heterocycles. The molecule has 3 rings (SSSR count). The maximum atomic E-state index is 12.7. The van der Waals surface area contributed by atoms with Gasteiger partial charge >= 0.3 is 0 Å². The van der Waals surface area contributed by atoms with Gasteiger partial charge in [-0.25, -0.2) is 0 Å². The van der Waals surface area contributed by atoms with E-state index in [1.54, 1.807) is 7.11 Å². The Hall–Kier alpha value is -1.40. The van der Waals surface area contributed by atoms with E-state index >= 15 is 0 Å². The Morgan fingerprint density at radius 2 is 1.80 bits per heavy atom. The average molecular weight is 364 g/mol. The third-order valence-corrected chi connectivity index (χ3v) is 6.76. The van der Waals surface area contributed by atoms with Crippen molar-refractivity contribution in [2.45, 2.75) is 25.1 Å². The SMILES string of the molecule is COc1ccc(N2CCN(C(=O)CN3CCSC(C)C3C)CC2)cc1. The Morgan fingerprint density at radius 3 is 2.44 bits per heavy atom. The first-order valence-corrected chi connectivity index (χ1v) is 10.2. The van der Waals surface area contributed by atoms with Crippen LogP contribution in [0.1, 0.15) is 13.8 Å². The molecule has 2 fully saturated rings. The van der Waals surface area contributed by atoms with E-state index < -0.39 is 0 Å². The molecular weight excluding hydrogens is 334 g/mol. The summed E-state index contributed by atoms with van der Waals surface area (Å²) in [7, 11) is 1.68. The van der Waals surface area contributed by atoms with Crippen molar-refractivity contribution in [3.63, 3.8) is 0 Å². The van der Waals surface area contributed by atoms with Gasteiger partial charge in [-0.05, 0) is 31.2 Å². The molecule has 0 spiro atoms. The molecule has 6 heteroatoms. The lowest BCUT2D eigenvalue weighted by Gasteiger charge is -2.40. The number of methoxy groups -OCH3 is 1. The minimum absolute atomic E-state index is 0.278. The molecule has 2 saturated heterocycles. The molecule has 0 radical (unpaired) electrons. The molecule has 1 aromatic carbocycles. The molecule has 5 nitrogen and oxygen atoms in total. The van der Waals surface area contributed by atoms with Gasteiger partial charge in [-0.1, -0.05) is 6.92 Å². The van der Waals surface area contributed by atoms with Crippen LogP contribution in [0.15, 0.2) is 24.3 Å². The summed E-state index contributed by atoms with van der Waals surface area (Å²) in [6.45, 7) is 9.47. The van der Waals surface area contributed by atoms with Crippen LogP contribution in [-0.2, 0) is 4.79 Å². The van der Waals surface area contributed by atoms with E-state index in [0.29, 0.717) is 17.8 Å². The summed E-state index contributed by atoms with van der Waals surface area (Å²) in [5, 5.41) is 0.605. The molecular formula is C19H29N3O2S. The van der Waals surface area contributed by atoms with E-state index in [1.807, 2.05) is 28.8 Å². The van der Waals surface area contributed by atoms with Crippen LogP contribution in [0.5, 0.6) is 5.75 Å². The van der Waals surface area contributed by atoms with E-state index in [-0.39, 0.29) is 5.91 Å². The third-order valence-electron chi connectivity index (χ3n) is 5.42. The highest BCUT2D eigenvalue weighted by Gasteiger charge is 2.29. The van der Waals surface area contributed by atoms with Crippen molar-refractivity contribution < 1.29 is 9.53 Å². The van der Waals surface area contributed by atoms with Gasteiger partial charge in [0.05, 0.1) is 13.7 Å². The van der Waals surface area contributed by atoms with Crippen molar-refractivity contribution in [1.29, 1.82) is 0 Å². The van der Waals surface area contributed by atoms with Crippen molar-refractivity contribution >= 4 is 23.4 Å². The zero-order valence-electron chi connectivity index (χ0n) is 15.5. The second kappa shape index (κ2) is 8.32. The summed E-state index contributed by atoms with van der Waals surface area (Å²) in [4.78, 5) is 19.4. The number of hydrogen-bond acceptors (Lipinski definition) is 5. The zero-order valence-corrected chi connectivity index (χ0v) is 16.3. The highest BCUT2D eigenvalue weighted by atomic mass is 32.2. The molecule has 25 heavy (non-hydrogen) atoms. The summed E-state index contributed by atoms with van der Waals surface area (Å²) < 4.78 is 5.22. The number of benzene rings is 1. The van der Waals surface area contributed by atoms with Crippen molar-refractivity contribution in [2.75, 3.05) is 57.0 Å². The van der Waals surface area contributed by atoms with E-state index in [9.17, 15) is 4.79 Å². The number of rotatable bonds is 4. The molecule has 0 bridgehead atoms. The fourth-order valence-corrected chi connectivity index (χ4v) is 4.66. The predicted octanol–water partition coefficient (Wildman–Crippen LogP) is 2.17. The minimum Gasteiger partial charge on any atom is -0.497 e. The highest BCUT2D eigenvalue weighted by Crippen LogP contribution is 2.24. The topological polar surface area (TPSA) is 36.0 Å². The first-order chi connectivity index (χ1) is 12.1. The van der Waals surface area contributed by atoms with Crippen molar-refractivity contribution in [3.8, 4) is 5.75 Å². The monoisotopic (exact) mass is 363 g/mol. The van der Waals surface area contributed by atoms with Crippen LogP contribution in [0.3, 0.4) is 0 Å². The zero-order chi connectivity index (χ0) is 17.8. The second-order valence-electron chi connectivity index (χ2n) is 6.85. The quantitative estimate of drug-likeness (QED) is 0.819. The smallest absolute Gasteiger partial charge is 0.236 e. The molecule has 1 amide bonds. The van der Waals surface area contributed by atoms with Gasteiger partial charge in [0.1, 0.15) is 5.75 Å². The number of carbonyl (C=O) groups excluding carboxylic acids is 1. The van der Waals surface area contributed by atoms with Crippen LogP contribution in [-0.4, -0.2) is 79.1 Å². The van der Waals surface area contributed by atoms with Crippen LogP contribution in [0.4, 0.5) is 5.69 Å². The van der Waals surface area contributed by atoms with Crippen LogP contribution in [0.25, 0.3) is 0 Å². The van der Waals surface area contributed by atoms with Gasteiger partial charge in [0.15, 0.2) is 0 Å². The molecule has 0 N–H and O–H groups in total. The molecule has 2 atom stereocenters. The average Bonchev–Trinajstić information content (AvgIpc) is 2.65. The van der Waals surface area contributed by atoms with Crippen LogP contribution >= 0.6 is 11.8 Å². The molecule has 0 aliphatic carbocycles. The van der Waals surface area contributed by atoms with Crippen molar-refractivity contribution in [3.05, 3.63) is 24.3 Å². The summed E-state index contributed by atoms with van der Waals surface area (Å²) >= 11 is 2.01. The minimum atomic E-state index is 0.278. The molecule has 2 aliphatic rings. The number of carbonyl (C=O) groups is 1. The van der Waals surface area contributed by atoms with E-state index in [0.717, 1.165) is 44.2 Å².